The van der Waals surface area contributed by atoms with Crippen LogP contribution in [0.3, 0.4) is 0 Å². The second kappa shape index (κ2) is 4.56. The van der Waals surface area contributed by atoms with Crippen molar-refractivity contribution >= 4 is 22.6 Å². The SMILES string of the molecule is CC(Cl)c1nc2c(F)cccc2n1CC(F)F. The molecule has 92 valence electrons. The summed E-state index contributed by atoms with van der Waals surface area (Å²) in [5.41, 5.74) is 0.420. The van der Waals surface area contributed by atoms with E-state index in [1.807, 2.05) is 0 Å². The molecule has 2 rings (SSSR count). The van der Waals surface area contributed by atoms with Gasteiger partial charge in [-0.1, -0.05) is 6.07 Å². The van der Waals surface area contributed by atoms with E-state index in [-0.39, 0.29) is 11.3 Å². The first-order chi connectivity index (χ1) is 8.00. The lowest BCUT2D eigenvalue weighted by Crippen LogP contribution is -2.10. The smallest absolute Gasteiger partial charge is 0.256 e. The number of imidazole rings is 1. The zero-order valence-corrected chi connectivity index (χ0v) is 9.76. The van der Waals surface area contributed by atoms with Crippen molar-refractivity contribution in [1.82, 2.24) is 9.55 Å². The molecular weight excluding hydrogens is 253 g/mol. The fourth-order valence-electron chi connectivity index (χ4n) is 1.76. The number of alkyl halides is 3. The number of nitrogens with zero attached hydrogens (tertiary/aromatic N) is 2. The summed E-state index contributed by atoms with van der Waals surface area (Å²) in [5, 5.41) is -0.555. The Morgan fingerprint density at radius 1 is 1.41 bits per heavy atom. The van der Waals surface area contributed by atoms with Gasteiger partial charge in [0.05, 0.1) is 17.4 Å². The van der Waals surface area contributed by atoms with Crippen LogP contribution in [0.15, 0.2) is 18.2 Å². The second-order valence-corrected chi connectivity index (χ2v) is 4.35. The summed E-state index contributed by atoms with van der Waals surface area (Å²) in [5.74, 6) is -0.277. The van der Waals surface area contributed by atoms with Crippen LogP contribution < -0.4 is 0 Å². The van der Waals surface area contributed by atoms with Gasteiger partial charge in [0.15, 0.2) is 5.82 Å². The molecule has 1 atom stereocenters. The van der Waals surface area contributed by atoms with E-state index in [9.17, 15) is 13.2 Å². The van der Waals surface area contributed by atoms with E-state index in [0.29, 0.717) is 5.52 Å². The summed E-state index contributed by atoms with van der Waals surface area (Å²) >= 11 is 5.86. The summed E-state index contributed by atoms with van der Waals surface area (Å²) in [7, 11) is 0. The molecule has 0 aliphatic carbocycles. The molecule has 0 fully saturated rings. The first-order valence-electron chi connectivity index (χ1n) is 5.07. The molecule has 1 aromatic heterocycles. The number of hydrogen-bond acceptors (Lipinski definition) is 1. The Hall–Kier alpha value is -1.23. The molecular formula is C11H10ClF3N2. The van der Waals surface area contributed by atoms with Gasteiger partial charge in [-0.3, -0.25) is 0 Å². The first-order valence-corrected chi connectivity index (χ1v) is 5.51. The molecule has 0 amide bonds. The van der Waals surface area contributed by atoms with Gasteiger partial charge < -0.3 is 4.57 Å². The molecule has 6 heteroatoms. The van der Waals surface area contributed by atoms with Crippen molar-refractivity contribution < 1.29 is 13.2 Å². The normalized spacial score (nSPS) is 13.5. The number of para-hydroxylation sites is 1. The standard InChI is InChI=1S/C11H10ClF3N2/c1-6(12)11-16-10-7(13)3-2-4-8(10)17(11)5-9(14)15/h2-4,6,9H,5H2,1H3. The Balaban J connectivity index is 2.67. The van der Waals surface area contributed by atoms with Crippen molar-refractivity contribution in [1.29, 1.82) is 0 Å². The molecule has 0 aliphatic rings. The molecule has 2 aromatic rings. The monoisotopic (exact) mass is 262 g/mol. The topological polar surface area (TPSA) is 17.8 Å². The Bertz CT molecular complexity index is 537. The third-order valence-corrected chi connectivity index (χ3v) is 2.63. The summed E-state index contributed by atoms with van der Waals surface area (Å²) < 4.78 is 39.7. The number of halogens is 4. The van der Waals surface area contributed by atoms with Crippen LogP contribution in [0.5, 0.6) is 0 Å². The minimum absolute atomic E-state index is 0.0793. The fourth-order valence-corrected chi connectivity index (χ4v) is 1.93. The van der Waals surface area contributed by atoms with Crippen molar-refractivity contribution in [2.45, 2.75) is 25.3 Å². The number of aromatic nitrogens is 2. The maximum absolute atomic E-state index is 13.5. The van der Waals surface area contributed by atoms with Crippen molar-refractivity contribution in [2.24, 2.45) is 0 Å². The molecule has 0 saturated heterocycles. The quantitative estimate of drug-likeness (QED) is 0.771. The summed E-state index contributed by atoms with van der Waals surface area (Å²) in [4.78, 5) is 3.99. The lowest BCUT2D eigenvalue weighted by molar-refractivity contribution is 0.127. The van der Waals surface area contributed by atoms with Gasteiger partial charge in [-0.2, -0.15) is 0 Å². The van der Waals surface area contributed by atoms with E-state index in [1.54, 1.807) is 13.0 Å². The highest BCUT2D eigenvalue weighted by molar-refractivity contribution is 6.20. The molecule has 1 aromatic carbocycles. The molecule has 0 bridgehead atoms. The van der Waals surface area contributed by atoms with Gasteiger partial charge in [0, 0.05) is 0 Å². The highest BCUT2D eigenvalue weighted by Gasteiger charge is 2.19. The zero-order valence-electron chi connectivity index (χ0n) is 9.00. The second-order valence-electron chi connectivity index (χ2n) is 3.70. The van der Waals surface area contributed by atoms with Crippen LogP contribution in [0, 0.1) is 5.82 Å². The predicted molar refractivity (Wildman–Crippen MR) is 60.0 cm³/mol. The van der Waals surface area contributed by atoms with Crippen molar-refractivity contribution in [2.75, 3.05) is 0 Å². The Morgan fingerprint density at radius 3 is 2.71 bits per heavy atom. The molecule has 0 saturated carbocycles. The van der Waals surface area contributed by atoms with Gasteiger partial charge in [0.1, 0.15) is 11.3 Å². The van der Waals surface area contributed by atoms with Crippen molar-refractivity contribution in [3.8, 4) is 0 Å². The molecule has 1 unspecified atom stereocenters. The lowest BCUT2D eigenvalue weighted by Gasteiger charge is -2.09. The van der Waals surface area contributed by atoms with Gasteiger partial charge in [0.25, 0.3) is 6.43 Å². The molecule has 1 heterocycles. The minimum Gasteiger partial charge on any atom is -0.321 e. The van der Waals surface area contributed by atoms with Crippen LogP contribution in [-0.2, 0) is 6.54 Å². The highest BCUT2D eigenvalue weighted by atomic mass is 35.5. The van der Waals surface area contributed by atoms with Gasteiger partial charge >= 0.3 is 0 Å². The van der Waals surface area contributed by atoms with E-state index in [2.05, 4.69) is 4.98 Å². The molecule has 0 N–H and O–H groups in total. The van der Waals surface area contributed by atoms with E-state index in [4.69, 9.17) is 11.6 Å². The third-order valence-electron chi connectivity index (χ3n) is 2.44. The summed E-state index contributed by atoms with van der Waals surface area (Å²) in [6, 6.07) is 4.26. The van der Waals surface area contributed by atoms with Crippen LogP contribution in [0.2, 0.25) is 0 Å². The average molecular weight is 263 g/mol. The first kappa shape index (κ1) is 12.2. The number of benzene rings is 1. The van der Waals surface area contributed by atoms with E-state index >= 15 is 0 Å². The van der Waals surface area contributed by atoms with Crippen molar-refractivity contribution in [3.05, 3.63) is 29.8 Å². The lowest BCUT2D eigenvalue weighted by atomic mass is 10.3. The number of hydrogen-bond donors (Lipinski definition) is 0. The summed E-state index contributed by atoms with van der Waals surface area (Å²) in [6.45, 7) is 1.08. The van der Waals surface area contributed by atoms with Crippen LogP contribution in [0.4, 0.5) is 13.2 Å². The van der Waals surface area contributed by atoms with Crippen LogP contribution in [-0.4, -0.2) is 16.0 Å². The Labute approximate surface area is 101 Å². The number of fused-ring (bicyclic) bond motifs is 1. The van der Waals surface area contributed by atoms with Gasteiger partial charge in [-0.15, -0.1) is 11.6 Å². The van der Waals surface area contributed by atoms with Gasteiger partial charge in [-0.05, 0) is 19.1 Å². The largest absolute Gasteiger partial charge is 0.321 e. The van der Waals surface area contributed by atoms with E-state index in [0.717, 1.165) is 0 Å². The van der Waals surface area contributed by atoms with Crippen LogP contribution in [0.1, 0.15) is 18.1 Å². The van der Waals surface area contributed by atoms with E-state index < -0.39 is 24.2 Å². The zero-order chi connectivity index (χ0) is 12.6. The molecule has 0 radical (unpaired) electrons. The van der Waals surface area contributed by atoms with E-state index in [1.165, 1.54) is 16.7 Å². The Kier molecular flexibility index (Phi) is 3.28. The van der Waals surface area contributed by atoms with Crippen LogP contribution >= 0.6 is 11.6 Å². The van der Waals surface area contributed by atoms with Gasteiger partial charge in [-0.25, -0.2) is 18.2 Å². The average Bonchev–Trinajstić information content (AvgIpc) is 2.58. The maximum Gasteiger partial charge on any atom is 0.256 e. The Morgan fingerprint density at radius 2 is 2.12 bits per heavy atom. The van der Waals surface area contributed by atoms with Crippen molar-refractivity contribution in [3.63, 3.8) is 0 Å². The molecule has 0 spiro atoms. The molecule has 2 nitrogen and oxygen atoms in total. The fraction of sp³-hybridized carbons (Fsp3) is 0.364. The summed E-state index contributed by atoms with van der Waals surface area (Å²) in [6.07, 6.45) is -2.54. The molecule has 17 heavy (non-hydrogen) atoms. The predicted octanol–water partition coefficient (Wildman–Crippen LogP) is 3.74. The van der Waals surface area contributed by atoms with Crippen LogP contribution in [0.25, 0.3) is 11.0 Å². The third kappa shape index (κ3) is 2.24. The molecule has 0 aliphatic heterocycles. The van der Waals surface area contributed by atoms with Gasteiger partial charge in [0.2, 0.25) is 0 Å². The number of rotatable bonds is 3. The highest BCUT2D eigenvalue weighted by Crippen LogP contribution is 2.26. The minimum atomic E-state index is -2.54. The maximum atomic E-state index is 13.5.